The van der Waals surface area contributed by atoms with Crippen LogP contribution in [0.3, 0.4) is 0 Å². The van der Waals surface area contributed by atoms with Gasteiger partial charge in [-0.25, -0.2) is 0 Å². The Kier molecular flexibility index (Phi) is 9.04. The molecule has 1 heterocycles. The molecule has 0 aromatic heterocycles. The van der Waals surface area contributed by atoms with Crippen molar-refractivity contribution in [1.82, 2.24) is 15.5 Å². The van der Waals surface area contributed by atoms with Crippen LogP contribution in [0.5, 0.6) is 5.75 Å². The lowest BCUT2D eigenvalue weighted by molar-refractivity contribution is -0.124. The summed E-state index contributed by atoms with van der Waals surface area (Å²) in [6.07, 6.45) is 1.23. The van der Waals surface area contributed by atoms with E-state index in [9.17, 15) is 14.4 Å². The number of benzene rings is 2. The summed E-state index contributed by atoms with van der Waals surface area (Å²) in [5, 5.41) is 5.76. The number of piperidine rings is 1. The van der Waals surface area contributed by atoms with Crippen molar-refractivity contribution in [1.29, 1.82) is 0 Å². The van der Waals surface area contributed by atoms with Crippen molar-refractivity contribution < 1.29 is 23.9 Å². The van der Waals surface area contributed by atoms with Gasteiger partial charge in [0.1, 0.15) is 11.8 Å². The molecular weight excluding hydrogens is 434 g/mol. The maximum absolute atomic E-state index is 13.0. The lowest BCUT2D eigenvalue weighted by Gasteiger charge is -2.36. The van der Waals surface area contributed by atoms with Crippen molar-refractivity contribution in [3.05, 3.63) is 65.2 Å². The Hall–Kier alpha value is -3.39. The topological polar surface area (TPSA) is 97.0 Å². The van der Waals surface area contributed by atoms with Gasteiger partial charge in [-0.2, -0.15) is 0 Å². The van der Waals surface area contributed by atoms with E-state index in [4.69, 9.17) is 9.47 Å². The van der Waals surface area contributed by atoms with Gasteiger partial charge in [-0.05, 0) is 62.1 Å². The second kappa shape index (κ2) is 12.2. The molecule has 34 heavy (non-hydrogen) atoms. The molecule has 1 aliphatic rings. The van der Waals surface area contributed by atoms with Crippen molar-refractivity contribution in [2.45, 2.75) is 25.8 Å². The highest BCUT2D eigenvalue weighted by molar-refractivity contribution is 5.98. The van der Waals surface area contributed by atoms with Gasteiger partial charge in [0.25, 0.3) is 11.8 Å². The fraction of sp³-hybridized carbons (Fsp3) is 0.423. The van der Waals surface area contributed by atoms with Gasteiger partial charge in [0.05, 0.1) is 13.7 Å². The largest absolute Gasteiger partial charge is 0.497 e. The van der Waals surface area contributed by atoms with Gasteiger partial charge in [-0.15, -0.1) is 0 Å². The molecule has 1 fully saturated rings. The van der Waals surface area contributed by atoms with E-state index in [1.807, 2.05) is 36.1 Å². The number of amides is 3. The highest BCUT2D eigenvalue weighted by Crippen LogP contribution is 2.23. The quantitative estimate of drug-likeness (QED) is 0.552. The van der Waals surface area contributed by atoms with Crippen LogP contribution in [0.15, 0.2) is 48.5 Å². The smallest absolute Gasteiger partial charge is 0.253 e. The van der Waals surface area contributed by atoms with E-state index in [1.165, 1.54) is 0 Å². The fourth-order valence-electron chi connectivity index (χ4n) is 4.15. The molecule has 0 saturated carbocycles. The molecular formula is C26H33N3O5. The minimum Gasteiger partial charge on any atom is -0.497 e. The molecule has 2 N–H and O–H groups in total. The summed E-state index contributed by atoms with van der Waals surface area (Å²) in [6.45, 7) is 3.75. The summed E-state index contributed by atoms with van der Waals surface area (Å²) in [4.78, 5) is 40.6. The van der Waals surface area contributed by atoms with E-state index in [-0.39, 0.29) is 23.6 Å². The average molecular weight is 468 g/mol. The first kappa shape index (κ1) is 25.2. The van der Waals surface area contributed by atoms with Gasteiger partial charge in [-0.1, -0.05) is 17.7 Å². The van der Waals surface area contributed by atoms with E-state index in [2.05, 4.69) is 10.6 Å². The summed E-state index contributed by atoms with van der Waals surface area (Å²) in [6, 6.07) is 13.6. The van der Waals surface area contributed by atoms with Crippen LogP contribution in [-0.4, -0.2) is 69.1 Å². The summed E-state index contributed by atoms with van der Waals surface area (Å²) >= 11 is 0. The number of aryl methyl sites for hydroxylation is 1. The number of nitrogens with one attached hydrogen (secondary N) is 2. The van der Waals surface area contributed by atoms with Crippen molar-refractivity contribution in [2.24, 2.45) is 5.92 Å². The molecule has 8 heteroatoms. The Morgan fingerprint density at radius 3 is 2.35 bits per heavy atom. The molecule has 3 amide bonds. The third-order valence-corrected chi connectivity index (χ3v) is 6.09. The number of nitrogens with zero attached hydrogens (tertiary/aromatic N) is 1. The molecule has 2 aromatic rings. The van der Waals surface area contributed by atoms with Gasteiger partial charge in [0.2, 0.25) is 5.91 Å². The molecule has 1 atom stereocenters. The number of carbonyl (C=O) groups excluding carboxylic acids is 3. The first-order valence-corrected chi connectivity index (χ1v) is 11.5. The predicted molar refractivity (Wildman–Crippen MR) is 129 cm³/mol. The SMILES string of the molecule is COCCNC(=O)C(NC(=O)c1ccc(OC)cc1)C1CCN(C(=O)c2cccc(C)c2)CC1. The van der Waals surface area contributed by atoms with Crippen molar-refractivity contribution in [3.63, 3.8) is 0 Å². The van der Waals surface area contributed by atoms with Gasteiger partial charge >= 0.3 is 0 Å². The van der Waals surface area contributed by atoms with Gasteiger partial charge in [0.15, 0.2) is 0 Å². The van der Waals surface area contributed by atoms with Gasteiger partial charge in [-0.3, -0.25) is 14.4 Å². The van der Waals surface area contributed by atoms with E-state index in [0.29, 0.717) is 56.0 Å². The normalized spacial score (nSPS) is 14.9. The molecule has 0 bridgehead atoms. The van der Waals surface area contributed by atoms with Gasteiger partial charge < -0.3 is 25.0 Å². The van der Waals surface area contributed by atoms with E-state index >= 15 is 0 Å². The zero-order chi connectivity index (χ0) is 24.5. The Morgan fingerprint density at radius 1 is 1.03 bits per heavy atom. The van der Waals surface area contributed by atoms with E-state index in [0.717, 1.165) is 5.56 Å². The van der Waals surface area contributed by atoms with Crippen molar-refractivity contribution in [3.8, 4) is 5.75 Å². The molecule has 0 spiro atoms. The van der Waals surface area contributed by atoms with Crippen molar-refractivity contribution >= 4 is 17.7 Å². The number of hydrogen-bond acceptors (Lipinski definition) is 5. The first-order chi connectivity index (χ1) is 16.4. The summed E-state index contributed by atoms with van der Waals surface area (Å²) in [7, 11) is 3.13. The van der Waals surface area contributed by atoms with E-state index in [1.54, 1.807) is 38.5 Å². The number of methoxy groups -OCH3 is 2. The zero-order valence-electron chi connectivity index (χ0n) is 20.0. The lowest BCUT2D eigenvalue weighted by Crippen LogP contribution is -2.54. The molecule has 1 aliphatic heterocycles. The van der Waals surface area contributed by atoms with Crippen LogP contribution < -0.4 is 15.4 Å². The van der Waals surface area contributed by atoms with Crippen LogP contribution in [0, 0.1) is 12.8 Å². The Labute approximate surface area is 200 Å². The Balaban J connectivity index is 1.67. The lowest BCUT2D eigenvalue weighted by atomic mass is 9.88. The Bertz CT molecular complexity index is 984. The van der Waals surface area contributed by atoms with Crippen LogP contribution in [0.4, 0.5) is 0 Å². The monoisotopic (exact) mass is 467 g/mol. The summed E-state index contributed by atoms with van der Waals surface area (Å²) in [5.74, 6) is -0.0249. The number of likely N-dealkylation sites (tertiary alicyclic amines) is 1. The summed E-state index contributed by atoms with van der Waals surface area (Å²) < 4.78 is 10.2. The van der Waals surface area contributed by atoms with Crippen LogP contribution >= 0.6 is 0 Å². The zero-order valence-corrected chi connectivity index (χ0v) is 20.0. The third-order valence-electron chi connectivity index (χ3n) is 6.09. The van der Waals surface area contributed by atoms with Crippen LogP contribution in [0.25, 0.3) is 0 Å². The third kappa shape index (κ3) is 6.57. The maximum Gasteiger partial charge on any atom is 0.253 e. The first-order valence-electron chi connectivity index (χ1n) is 11.5. The summed E-state index contributed by atoms with van der Waals surface area (Å²) in [5.41, 5.74) is 2.15. The molecule has 182 valence electrons. The Morgan fingerprint density at radius 2 is 1.74 bits per heavy atom. The molecule has 0 radical (unpaired) electrons. The minimum absolute atomic E-state index is 0.00878. The highest BCUT2D eigenvalue weighted by Gasteiger charge is 2.34. The molecule has 1 unspecified atom stereocenters. The maximum atomic E-state index is 13.0. The fourth-order valence-corrected chi connectivity index (χ4v) is 4.15. The second-order valence-electron chi connectivity index (χ2n) is 8.46. The standard InChI is InChI=1S/C26H33N3O5/c1-18-5-4-6-21(17-18)26(32)29-14-11-19(12-15-29)23(25(31)27-13-16-33-2)28-24(30)20-7-9-22(34-3)10-8-20/h4-10,17,19,23H,11-16H2,1-3H3,(H,27,31)(H,28,30). The number of ether oxygens (including phenoxy) is 2. The minimum atomic E-state index is -0.706. The number of hydrogen-bond donors (Lipinski definition) is 2. The molecule has 2 aromatic carbocycles. The van der Waals surface area contributed by atoms with Crippen molar-refractivity contribution in [2.75, 3.05) is 40.5 Å². The molecule has 1 saturated heterocycles. The second-order valence-corrected chi connectivity index (χ2v) is 8.46. The predicted octanol–water partition coefficient (Wildman–Crippen LogP) is 2.42. The van der Waals surface area contributed by atoms with E-state index < -0.39 is 6.04 Å². The molecule has 0 aliphatic carbocycles. The molecule has 8 nitrogen and oxygen atoms in total. The van der Waals surface area contributed by atoms with Gasteiger partial charge in [0, 0.05) is 37.9 Å². The number of rotatable bonds is 9. The van der Waals surface area contributed by atoms with Crippen LogP contribution in [0.2, 0.25) is 0 Å². The number of carbonyl (C=O) groups is 3. The average Bonchev–Trinajstić information content (AvgIpc) is 2.87. The highest BCUT2D eigenvalue weighted by atomic mass is 16.5. The molecule has 3 rings (SSSR count). The van der Waals surface area contributed by atoms with Crippen LogP contribution in [-0.2, 0) is 9.53 Å². The van der Waals surface area contributed by atoms with Crippen LogP contribution in [0.1, 0.15) is 39.1 Å².